The van der Waals surface area contributed by atoms with Crippen LogP contribution >= 0.6 is 11.6 Å². The predicted octanol–water partition coefficient (Wildman–Crippen LogP) is 1.63. The summed E-state index contributed by atoms with van der Waals surface area (Å²) in [6.45, 7) is 1.94. The molecule has 0 saturated heterocycles. The molecule has 0 spiro atoms. The van der Waals surface area contributed by atoms with Gasteiger partial charge < -0.3 is 0 Å². The molecule has 5 nitrogen and oxygen atoms in total. The van der Waals surface area contributed by atoms with Gasteiger partial charge >= 0.3 is 0 Å². The quantitative estimate of drug-likeness (QED) is 0.577. The van der Waals surface area contributed by atoms with Crippen LogP contribution in [-0.4, -0.2) is 25.0 Å². The Hall–Kier alpha value is -1.75. The summed E-state index contributed by atoms with van der Waals surface area (Å²) in [5.41, 5.74) is 3.25. The first-order chi connectivity index (χ1) is 7.25. The Morgan fingerprint density at radius 3 is 3.07 bits per heavy atom. The van der Waals surface area contributed by atoms with Crippen LogP contribution in [0.25, 0.3) is 16.7 Å². The highest BCUT2D eigenvalue weighted by Gasteiger charge is 2.06. The second-order valence-electron chi connectivity index (χ2n) is 3.30. The van der Waals surface area contributed by atoms with E-state index in [0.717, 1.165) is 16.6 Å². The lowest BCUT2D eigenvalue weighted by molar-refractivity contribution is 0.840. The normalized spacial score (nSPS) is 11.3. The zero-order chi connectivity index (χ0) is 10.4. The van der Waals surface area contributed by atoms with Gasteiger partial charge in [0.25, 0.3) is 0 Å². The van der Waals surface area contributed by atoms with E-state index in [1.807, 2.05) is 19.1 Å². The molecular weight excluding hydrogens is 214 g/mol. The molecular formula is C9H6ClN5. The first-order valence-corrected chi connectivity index (χ1v) is 4.76. The third-order valence-electron chi connectivity index (χ3n) is 2.30. The molecule has 0 aliphatic carbocycles. The number of rotatable bonds is 0. The SMILES string of the molecule is Cc1cc2ncc3nnnn3c2cc1Cl. The van der Waals surface area contributed by atoms with Gasteiger partial charge in [-0.3, -0.25) is 4.98 Å². The number of nitrogens with zero attached hydrogens (tertiary/aromatic N) is 5. The van der Waals surface area contributed by atoms with Crippen LogP contribution in [-0.2, 0) is 0 Å². The molecule has 0 bridgehead atoms. The first-order valence-electron chi connectivity index (χ1n) is 4.38. The van der Waals surface area contributed by atoms with E-state index in [2.05, 4.69) is 20.5 Å². The first kappa shape index (κ1) is 8.55. The van der Waals surface area contributed by atoms with Crippen LogP contribution in [0.2, 0.25) is 5.02 Å². The monoisotopic (exact) mass is 219 g/mol. The van der Waals surface area contributed by atoms with Gasteiger partial charge in [-0.25, -0.2) is 0 Å². The number of aromatic nitrogens is 5. The van der Waals surface area contributed by atoms with Crippen molar-refractivity contribution in [3.05, 3.63) is 28.9 Å². The van der Waals surface area contributed by atoms with Crippen molar-refractivity contribution < 1.29 is 0 Å². The molecule has 0 aliphatic heterocycles. The predicted molar refractivity (Wildman–Crippen MR) is 55.8 cm³/mol. The number of hydrogen-bond donors (Lipinski definition) is 0. The summed E-state index contributed by atoms with van der Waals surface area (Å²) in [5.74, 6) is 0. The number of aryl methyl sites for hydroxylation is 1. The maximum atomic E-state index is 6.05. The van der Waals surface area contributed by atoms with Crippen molar-refractivity contribution >= 4 is 28.3 Å². The fourth-order valence-electron chi connectivity index (χ4n) is 1.50. The van der Waals surface area contributed by atoms with Crippen LogP contribution < -0.4 is 0 Å². The Morgan fingerprint density at radius 1 is 1.33 bits per heavy atom. The molecule has 0 radical (unpaired) electrons. The maximum absolute atomic E-state index is 6.05. The zero-order valence-corrected chi connectivity index (χ0v) is 8.60. The van der Waals surface area contributed by atoms with Crippen molar-refractivity contribution in [2.75, 3.05) is 0 Å². The van der Waals surface area contributed by atoms with E-state index in [0.29, 0.717) is 10.7 Å². The Labute approximate surface area is 89.7 Å². The van der Waals surface area contributed by atoms with Crippen molar-refractivity contribution in [2.24, 2.45) is 0 Å². The fourth-order valence-corrected chi connectivity index (χ4v) is 1.66. The molecule has 0 N–H and O–H groups in total. The van der Waals surface area contributed by atoms with E-state index in [4.69, 9.17) is 11.6 Å². The van der Waals surface area contributed by atoms with E-state index in [9.17, 15) is 0 Å². The van der Waals surface area contributed by atoms with Crippen molar-refractivity contribution in [3.63, 3.8) is 0 Å². The molecule has 3 aromatic rings. The van der Waals surface area contributed by atoms with Crippen molar-refractivity contribution in [3.8, 4) is 0 Å². The summed E-state index contributed by atoms with van der Waals surface area (Å²) in [7, 11) is 0. The van der Waals surface area contributed by atoms with E-state index in [1.54, 1.807) is 10.7 Å². The van der Waals surface area contributed by atoms with E-state index < -0.39 is 0 Å². The van der Waals surface area contributed by atoms with Gasteiger partial charge in [0.05, 0.1) is 17.2 Å². The van der Waals surface area contributed by atoms with E-state index in [1.165, 1.54) is 0 Å². The highest BCUT2D eigenvalue weighted by molar-refractivity contribution is 6.32. The summed E-state index contributed by atoms with van der Waals surface area (Å²) in [6.07, 6.45) is 1.63. The molecule has 0 unspecified atom stereocenters. The van der Waals surface area contributed by atoms with Crippen LogP contribution in [0.1, 0.15) is 5.56 Å². The van der Waals surface area contributed by atoms with Gasteiger partial charge in [0.2, 0.25) is 0 Å². The summed E-state index contributed by atoms with van der Waals surface area (Å²) < 4.78 is 1.62. The number of tetrazole rings is 1. The Morgan fingerprint density at radius 2 is 2.20 bits per heavy atom. The molecule has 74 valence electrons. The van der Waals surface area contributed by atoms with Gasteiger partial charge in [-0.2, -0.15) is 4.52 Å². The summed E-state index contributed by atoms with van der Waals surface area (Å²) in [5, 5.41) is 12.0. The lowest BCUT2D eigenvalue weighted by Crippen LogP contribution is -1.93. The van der Waals surface area contributed by atoms with E-state index >= 15 is 0 Å². The molecule has 2 aromatic heterocycles. The average Bonchev–Trinajstić information content (AvgIpc) is 2.68. The number of hydrogen-bond acceptors (Lipinski definition) is 4. The Kier molecular flexibility index (Phi) is 1.63. The standard InChI is InChI=1S/C9H6ClN5/c1-5-2-7-8(3-6(5)10)15-9(4-11-7)12-13-14-15/h2-4H,1H3. The van der Waals surface area contributed by atoms with Crippen LogP contribution in [0.3, 0.4) is 0 Å². The van der Waals surface area contributed by atoms with Gasteiger partial charge in [0.1, 0.15) is 0 Å². The highest BCUT2D eigenvalue weighted by Crippen LogP contribution is 2.21. The van der Waals surface area contributed by atoms with Crippen molar-refractivity contribution in [2.45, 2.75) is 6.92 Å². The van der Waals surface area contributed by atoms with Gasteiger partial charge in [-0.1, -0.05) is 11.6 Å². The summed E-state index contributed by atoms with van der Waals surface area (Å²) in [6, 6.07) is 3.74. The Bertz CT molecular complexity index is 660. The molecule has 0 fully saturated rings. The number of benzene rings is 1. The molecule has 3 rings (SSSR count). The van der Waals surface area contributed by atoms with Crippen molar-refractivity contribution in [1.82, 2.24) is 25.0 Å². The molecule has 0 saturated carbocycles. The topological polar surface area (TPSA) is 56.0 Å². The zero-order valence-electron chi connectivity index (χ0n) is 7.85. The highest BCUT2D eigenvalue weighted by atomic mass is 35.5. The van der Waals surface area contributed by atoms with Crippen molar-refractivity contribution in [1.29, 1.82) is 0 Å². The molecule has 15 heavy (non-hydrogen) atoms. The Balaban J connectivity index is 2.57. The third-order valence-corrected chi connectivity index (χ3v) is 2.70. The van der Waals surface area contributed by atoms with Gasteiger partial charge in [0, 0.05) is 5.02 Å². The van der Waals surface area contributed by atoms with E-state index in [-0.39, 0.29) is 0 Å². The maximum Gasteiger partial charge on any atom is 0.198 e. The van der Waals surface area contributed by atoms with Crippen LogP contribution in [0.5, 0.6) is 0 Å². The molecule has 2 heterocycles. The second-order valence-corrected chi connectivity index (χ2v) is 3.70. The van der Waals surface area contributed by atoms with Crippen LogP contribution in [0.4, 0.5) is 0 Å². The largest absolute Gasteiger partial charge is 0.251 e. The fraction of sp³-hybridized carbons (Fsp3) is 0.111. The second kappa shape index (κ2) is 2.87. The lowest BCUT2D eigenvalue weighted by atomic mass is 10.2. The number of halogens is 1. The number of fused-ring (bicyclic) bond motifs is 3. The molecule has 0 amide bonds. The minimum Gasteiger partial charge on any atom is -0.251 e. The summed E-state index contributed by atoms with van der Waals surface area (Å²) in [4.78, 5) is 4.26. The summed E-state index contributed by atoms with van der Waals surface area (Å²) >= 11 is 6.05. The average molecular weight is 220 g/mol. The van der Waals surface area contributed by atoms with Gasteiger partial charge in [-0.05, 0) is 35.0 Å². The minimum atomic E-state index is 0.613. The van der Waals surface area contributed by atoms with Crippen LogP contribution in [0.15, 0.2) is 18.3 Å². The lowest BCUT2D eigenvalue weighted by Gasteiger charge is -2.02. The molecule has 0 atom stereocenters. The minimum absolute atomic E-state index is 0.613. The molecule has 1 aromatic carbocycles. The molecule has 6 heteroatoms. The molecule has 0 aliphatic rings. The van der Waals surface area contributed by atoms with Gasteiger partial charge in [0.15, 0.2) is 5.65 Å². The third kappa shape index (κ3) is 1.16. The van der Waals surface area contributed by atoms with Gasteiger partial charge in [-0.15, -0.1) is 5.10 Å². The van der Waals surface area contributed by atoms with Crippen LogP contribution in [0, 0.1) is 6.92 Å². The smallest absolute Gasteiger partial charge is 0.198 e.